The molecule has 0 aromatic heterocycles. The molecule has 0 radical (unpaired) electrons. The minimum absolute atomic E-state index is 0.0753. The molecule has 33 heavy (non-hydrogen) atoms. The molecule has 4 fully saturated rings. The topological polar surface area (TPSA) is 78.5 Å². The van der Waals surface area contributed by atoms with Gasteiger partial charge in [-0.3, -0.25) is 14.4 Å². The second-order valence-electron chi connectivity index (χ2n) is 9.87. The fourth-order valence-corrected chi connectivity index (χ4v) is 6.42. The minimum atomic E-state index is -4.65. The number of hydrogen-bond donors (Lipinski definition) is 2. The van der Waals surface area contributed by atoms with Gasteiger partial charge in [0.1, 0.15) is 0 Å². The number of rotatable bonds is 6. The van der Waals surface area contributed by atoms with Gasteiger partial charge >= 0.3 is 6.18 Å². The van der Waals surface area contributed by atoms with E-state index in [1.165, 1.54) is 32.4 Å². The Balaban J connectivity index is 1.28. The van der Waals surface area contributed by atoms with E-state index in [1.807, 2.05) is 0 Å². The number of likely N-dealkylation sites (N-methyl/N-ethyl adjacent to an activating group) is 1. The average Bonchev–Trinajstić information content (AvgIpc) is 2.71. The third-order valence-electron chi connectivity index (χ3n) is 7.28. The molecule has 1 aromatic rings. The Hall–Kier alpha value is -2.29. The van der Waals surface area contributed by atoms with Crippen LogP contribution in [0.15, 0.2) is 18.2 Å². The zero-order valence-electron chi connectivity index (χ0n) is 18.3. The SMILES string of the molecule is CN(CC(=O)Nc1ccc(Cl)c(C(F)(F)F)c1)C(=O)CNC(=O)C12CC3CC(CC(C3)C1)C2. The van der Waals surface area contributed by atoms with Crippen LogP contribution < -0.4 is 10.6 Å². The lowest BCUT2D eigenvalue weighted by atomic mass is 9.49. The number of nitrogens with zero attached hydrogens (tertiary/aromatic N) is 1. The summed E-state index contributed by atoms with van der Waals surface area (Å²) in [6.07, 6.45) is 1.64. The minimum Gasteiger partial charge on any atom is -0.347 e. The van der Waals surface area contributed by atoms with Crippen LogP contribution in [0.4, 0.5) is 18.9 Å². The molecule has 0 saturated heterocycles. The van der Waals surface area contributed by atoms with Gasteiger partial charge in [-0.2, -0.15) is 13.2 Å². The average molecular weight is 486 g/mol. The third kappa shape index (κ3) is 5.13. The fraction of sp³-hybridized carbons (Fsp3) is 0.609. The molecule has 10 heteroatoms. The molecule has 0 spiro atoms. The highest BCUT2D eigenvalue weighted by Crippen LogP contribution is 2.60. The summed E-state index contributed by atoms with van der Waals surface area (Å²) in [6, 6.07) is 3.05. The second kappa shape index (κ2) is 8.81. The molecule has 4 bridgehead atoms. The summed E-state index contributed by atoms with van der Waals surface area (Å²) in [4.78, 5) is 38.8. The molecule has 6 nitrogen and oxygen atoms in total. The highest BCUT2D eigenvalue weighted by Gasteiger charge is 2.54. The van der Waals surface area contributed by atoms with Gasteiger partial charge < -0.3 is 15.5 Å². The molecule has 5 rings (SSSR count). The maximum atomic E-state index is 13.0. The molecular formula is C23H27ClF3N3O3. The predicted octanol–water partition coefficient (Wildman–Crippen LogP) is 4.09. The number of hydrogen-bond acceptors (Lipinski definition) is 3. The van der Waals surface area contributed by atoms with Crippen molar-refractivity contribution in [2.75, 3.05) is 25.5 Å². The number of amides is 3. The van der Waals surface area contributed by atoms with Gasteiger partial charge in [0.25, 0.3) is 0 Å². The largest absolute Gasteiger partial charge is 0.417 e. The standard InChI is InChI=1S/C23H27ClF3N3O3/c1-30(12-19(31)29-16-2-3-18(24)17(7-16)23(25,26)27)20(32)11-28-21(33)22-8-13-4-14(9-22)6-15(5-13)10-22/h2-3,7,13-15H,4-6,8-12H2,1H3,(H,28,33)(H,29,31). The highest BCUT2D eigenvalue weighted by atomic mass is 35.5. The number of halogens is 4. The maximum absolute atomic E-state index is 13.0. The number of alkyl halides is 3. The fourth-order valence-electron chi connectivity index (χ4n) is 6.19. The number of carbonyl (C=O) groups is 3. The third-order valence-corrected chi connectivity index (χ3v) is 7.61. The molecule has 4 aliphatic carbocycles. The van der Waals surface area contributed by atoms with E-state index in [1.54, 1.807) is 0 Å². The van der Waals surface area contributed by atoms with Crippen molar-refractivity contribution in [1.82, 2.24) is 10.2 Å². The normalized spacial score (nSPS) is 27.8. The summed E-state index contributed by atoms with van der Waals surface area (Å²) in [5.41, 5.74) is -1.50. The number of benzene rings is 1. The monoisotopic (exact) mass is 485 g/mol. The first-order valence-corrected chi connectivity index (χ1v) is 11.5. The van der Waals surface area contributed by atoms with Gasteiger partial charge in [0.15, 0.2) is 0 Å². The Bertz CT molecular complexity index is 931. The van der Waals surface area contributed by atoms with E-state index in [-0.39, 0.29) is 30.1 Å². The van der Waals surface area contributed by atoms with E-state index in [9.17, 15) is 27.6 Å². The summed E-state index contributed by atoms with van der Waals surface area (Å²) < 4.78 is 39.0. The number of anilines is 1. The number of nitrogens with one attached hydrogen (secondary N) is 2. The Morgan fingerprint density at radius 2 is 1.67 bits per heavy atom. The van der Waals surface area contributed by atoms with Crippen LogP contribution in [0.2, 0.25) is 5.02 Å². The molecule has 180 valence electrons. The summed E-state index contributed by atoms with van der Waals surface area (Å²) in [6.45, 7) is -0.584. The van der Waals surface area contributed by atoms with Crippen molar-refractivity contribution in [3.63, 3.8) is 0 Å². The molecule has 2 N–H and O–H groups in total. The molecule has 0 aliphatic heterocycles. The van der Waals surface area contributed by atoms with Crippen LogP contribution in [0, 0.1) is 23.2 Å². The zero-order chi connectivity index (χ0) is 24.0. The van der Waals surface area contributed by atoms with E-state index in [0.29, 0.717) is 17.8 Å². The van der Waals surface area contributed by atoms with E-state index >= 15 is 0 Å². The molecule has 4 saturated carbocycles. The Kier molecular flexibility index (Phi) is 6.37. The number of carbonyl (C=O) groups excluding carboxylic acids is 3. The molecule has 1 aromatic carbocycles. The highest BCUT2D eigenvalue weighted by molar-refractivity contribution is 6.31. The first kappa shape index (κ1) is 23.9. The van der Waals surface area contributed by atoms with Crippen LogP contribution in [-0.4, -0.2) is 42.8 Å². The lowest BCUT2D eigenvalue weighted by Crippen LogP contribution is -2.54. The quantitative estimate of drug-likeness (QED) is 0.637. The molecule has 0 unspecified atom stereocenters. The molecular weight excluding hydrogens is 459 g/mol. The zero-order valence-corrected chi connectivity index (χ0v) is 19.1. The smallest absolute Gasteiger partial charge is 0.347 e. The summed E-state index contributed by atoms with van der Waals surface area (Å²) >= 11 is 5.58. The van der Waals surface area contributed by atoms with E-state index in [2.05, 4.69) is 10.6 Å². The lowest BCUT2D eigenvalue weighted by molar-refractivity contribution is -0.148. The van der Waals surface area contributed by atoms with Crippen molar-refractivity contribution in [3.05, 3.63) is 28.8 Å². The van der Waals surface area contributed by atoms with E-state index in [4.69, 9.17) is 11.6 Å². The first-order valence-electron chi connectivity index (χ1n) is 11.1. The van der Waals surface area contributed by atoms with Gasteiger partial charge in [-0.25, -0.2) is 0 Å². The van der Waals surface area contributed by atoms with Crippen molar-refractivity contribution in [2.24, 2.45) is 23.2 Å². The van der Waals surface area contributed by atoms with Crippen LogP contribution in [0.3, 0.4) is 0 Å². The van der Waals surface area contributed by atoms with Crippen LogP contribution in [0.25, 0.3) is 0 Å². The van der Waals surface area contributed by atoms with Crippen molar-refractivity contribution in [3.8, 4) is 0 Å². The summed E-state index contributed by atoms with van der Waals surface area (Å²) in [5.74, 6) is 0.636. The predicted molar refractivity (Wildman–Crippen MR) is 116 cm³/mol. The molecule has 4 aliphatic rings. The molecule has 0 heterocycles. The molecule has 3 amide bonds. The van der Waals surface area contributed by atoms with Crippen molar-refractivity contribution < 1.29 is 27.6 Å². The maximum Gasteiger partial charge on any atom is 0.417 e. The van der Waals surface area contributed by atoms with Crippen LogP contribution in [-0.2, 0) is 20.6 Å². The van der Waals surface area contributed by atoms with Gasteiger partial charge in [0.05, 0.1) is 23.7 Å². The second-order valence-corrected chi connectivity index (χ2v) is 10.3. The van der Waals surface area contributed by atoms with Crippen molar-refractivity contribution >= 4 is 35.0 Å². The van der Waals surface area contributed by atoms with Crippen molar-refractivity contribution in [2.45, 2.75) is 44.7 Å². The van der Waals surface area contributed by atoms with E-state index < -0.39 is 28.6 Å². The van der Waals surface area contributed by atoms with Gasteiger partial charge in [-0.05, 0) is 74.5 Å². The van der Waals surface area contributed by atoms with Crippen molar-refractivity contribution in [1.29, 1.82) is 0 Å². The summed E-state index contributed by atoms with van der Waals surface area (Å²) in [7, 11) is 1.40. The Morgan fingerprint density at radius 3 is 2.21 bits per heavy atom. The molecule has 0 atom stereocenters. The van der Waals surface area contributed by atoms with Gasteiger partial charge in [0.2, 0.25) is 17.7 Å². The van der Waals surface area contributed by atoms with Crippen LogP contribution >= 0.6 is 11.6 Å². The van der Waals surface area contributed by atoms with Gasteiger partial charge in [-0.15, -0.1) is 0 Å². The Labute approximate surface area is 195 Å². The van der Waals surface area contributed by atoms with E-state index in [0.717, 1.165) is 36.3 Å². The summed E-state index contributed by atoms with van der Waals surface area (Å²) in [5, 5.41) is 4.64. The first-order chi connectivity index (χ1) is 15.4. The Morgan fingerprint density at radius 1 is 1.09 bits per heavy atom. The lowest BCUT2D eigenvalue weighted by Gasteiger charge is -2.55. The van der Waals surface area contributed by atoms with Crippen LogP contribution in [0.1, 0.15) is 44.1 Å². The van der Waals surface area contributed by atoms with Crippen LogP contribution in [0.5, 0.6) is 0 Å². The van der Waals surface area contributed by atoms with Gasteiger partial charge in [0, 0.05) is 18.2 Å². The van der Waals surface area contributed by atoms with Gasteiger partial charge in [-0.1, -0.05) is 11.6 Å².